The number of carbonyl (C=O) groups is 2. The van der Waals surface area contributed by atoms with Crippen LogP contribution in [0.5, 0.6) is 0 Å². The number of carbonyl (C=O) groups excluding carboxylic acids is 2. The zero-order chi connectivity index (χ0) is 17.9. The highest BCUT2D eigenvalue weighted by Gasteiger charge is 2.34. The van der Waals surface area contributed by atoms with Crippen LogP contribution in [0.15, 0.2) is 18.2 Å². The number of nitrogens with zero attached hydrogens (tertiary/aromatic N) is 1. The van der Waals surface area contributed by atoms with Gasteiger partial charge in [-0.15, -0.1) is 0 Å². The maximum absolute atomic E-state index is 12.2. The van der Waals surface area contributed by atoms with Gasteiger partial charge in [0.15, 0.2) is 16.4 Å². The molecule has 1 aromatic rings. The third kappa shape index (κ3) is 4.62. The maximum Gasteiger partial charge on any atom is 0.340 e. The molecule has 0 saturated carbocycles. The molecule has 0 aliphatic carbocycles. The van der Waals surface area contributed by atoms with Gasteiger partial charge in [-0.3, -0.25) is 4.79 Å². The first kappa shape index (κ1) is 19.0. The molecule has 9 heteroatoms. The lowest BCUT2D eigenvalue weighted by Crippen LogP contribution is -2.43. The highest BCUT2D eigenvalue weighted by molar-refractivity contribution is 7.91. The fourth-order valence-corrected chi connectivity index (χ4v) is 4.82. The molecule has 132 valence electrons. The molecule has 0 radical (unpaired) electrons. The van der Waals surface area contributed by atoms with Crippen LogP contribution in [0.1, 0.15) is 23.7 Å². The molecule has 1 fully saturated rings. The Hall–Kier alpha value is -1.31. The van der Waals surface area contributed by atoms with Crippen LogP contribution in [0.3, 0.4) is 0 Å². The lowest BCUT2D eigenvalue weighted by molar-refractivity contribution is -0.136. The molecule has 2 rings (SSSR count). The molecule has 1 unspecified atom stereocenters. The van der Waals surface area contributed by atoms with Crippen molar-refractivity contribution in [1.82, 2.24) is 4.90 Å². The largest absolute Gasteiger partial charge is 0.452 e. The van der Waals surface area contributed by atoms with Crippen molar-refractivity contribution in [3.05, 3.63) is 33.8 Å². The third-order valence-corrected chi connectivity index (χ3v) is 6.09. The monoisotopic (exact) mass is 393 g/mol. The second kappa shape index (κ2) is 7.72. The molecule has 1 saturated heterocycles. The van der Waals surface area contributed by atoms with E-state index in [0.717, 1.165) is 0 Å². The molecule has 1 aliphatic rings. The van der Waals surface area contributed by atoms with Crippen LogP contribution >= 0.6 is 23.2 Å². The van der Waals surface area contributed by atoms with Gasteiger partial charge < -0.3 is 9.64 Å². The van der Waals surface area contributed by atoms with Crippen molar-refractivity contribution < 1.29 is 22.7 Å². The van der Waals surface area contributed by atoms with Gasteiger partial charge in [0.05, 0.1) is 22.1 Å². The second-order valence-electron chi connectivity index (χ2n) is 5.44. The Morgan fingerprint density at radius 3 is 2.58 bits per heavy atom. The molecule has 1 heterocycles. The number of sulfone groups is 1. The van der Waals surface area contributed by atoms with Gasteiger partial charge in [-0.1, -0.05) is 23.2 Å². The van der Waals surface area contributed by atoms with Crippen LogP contribution in [0.2, 0.25) is 10.0 Å². The van der Waals surface area contributed by atoms with Gasteiger partial charge in [-0.25, -0.2) is 13.2 Å². The maximum atomic E-state index is 12.2. The Balaban J connectivity index is 1.97. The standard InChI is InChI=1S/C15H17Cl2NO5S/c1-2-18(11-5-6-24(21,22)9-11)14(19)8-23-15(20)12-4-3-10(16)7-13(12)17/h3-4,7,11H,2,5-6,8-9H2,1H3. The van der Waals surface area contributed by atoms with E-state index in [2.05, 4.69) is 0 Å². The number of likely N-dealkylation sites (N-methyl/N-ethyl adjacent to an activating group) is 1. The number of benzene rings is 1. The van der Waals surface area contributed by atoms with Gasteiger partial charge in [0.1, 0.15) is 0 Å². The molecule has 1 atom stereocenters. The summed E-state index contributed by atoms with van der Waals surface area (Å²) >= 11 is 11.7. The highest BCUT2D eigenvalue weighted by Crippen LogP contribution is 2.22. The molecular formula is C15H17Cl2NO5S. The summed E-state index contributed by atoms with van der Waals surface area (Å²) in [5, 5.41) is 0.515. The molecule has 0 N–H and O–H groups in total. The Kier molecular flexibility index (Phi) is 6.11. The number of rotatable bonds is 5. The van der Waals surface area contributed by atoms with Crippen LogP contribution in [0.4, 0.5) is 0 Å². The minimum Gasteiger partial charge on any atom is -0.452 e. The van der Waals surface area contributed by atoms with Gasteiger partial charge in [0, 0.05) is 17.6 Å². The average Bonchev–Trinajstić information content (AvgIpc) is 2.85. The zero-order valence-corrected chi connectivity index (χ0v) is 15.3. The smallest absolute Gasteiger partial charge is 0.340 e. The van der Waals surface area contributed by atoms with Gasteiger partial charge in [0.25, 0.3) is 5.91 Å². The minimum atomic E-state index is -3.10. The van der Waals surface area contributed by atoms with E-state index in [1.807, 2.05) is 0 Å². The highest BCUT2D eigenvalue weighted by atomic mass is 35.5. The van der Waals surface area contributed by atoms with Crippen LogP contribution < -0.4 is 0 Å². The van der Waals surface area contributed by atoms with E-state index in [0.29, 0.717) is 18.0 Å². The fraction of sp³-hybridized carbons (Fsp3) is 0.467. The molecule has 0 aromatic heterocycles. The fourth-order valence-electron chi connectivity index (χ4n) is 2.60. The lowest BCUT2D eigenvalue weighted by atomic mass is 10.2. The normalized spacial score (nSPS) is 19.0. The average molecular weight is 394 g/mol. The summed E-state index contributed by atoms with van der Waals surface area (Å²) in [4.78, 5) is 25.7. The molecule has 1 amide bonds. The van der Waals surface area contributed by atoms with Crippen LogP contribution in [0.25, 0.3) is 0 Å². The van der Waals surface area contributed by atoms with Crippen molar-refractivity contribution in [2.75, 3.05) is 24.7 Å². The first-order valence-corrected chi connectivity index (χ1v) is 9.93. The summed E-state index contributed by atoms with van der Waals surface area (Å²) in [6, 6.07) is 3.94. The topological polar surface area (TPSA) is 80.8 Å². The number of ether oxygens (including phenoxy) is 1. The summed E-state index contributed by atoms with van der Waals surface area (Å²) in [5.41, 5.74) is 0.111. The van der Waals surface area contributed by atoms with E-state index in [1.54, 1.807) is 6.92 Å². The Labute approximate surface area is 150 Å². The molecule has 0 spiro atoms. The molecule has 1 aromatic carbocycles. The minimum absolute atomic E-state index is 0.0520. The zero-order valence-electron chi connectivity index (χ0n) is 13.0. The SMILES string of the molecule is CCN(C(=O)COC(=O)c1ccc(Cl)cc1Cl)C1CCS(=O)(=O)C1. The molecular weight excluding hydrogens is 377 g/mol. The van der Waals surface area contributed by atoms with Gasteiger partial charge in [-0.2, -0.15) is 0 Å². The van der Waals surface area contributed by atoms with E-state index in [1.165, 1.54) is 23.1 Å². The van der Waals surface area contributed by atoms with E-state index in [9.17, 15) is 18.0 Å². The van der Waals surface area contributed by atoms with Crippen LogP contribution in [-0.2, 0) is 19.4 Å². The Morgan fingerprint density at radius 1 is 1.33 bits per heavy atom. The van der Waals surface area contributed by atoms with Crippen molar-refractivity contribution in [2.24, 2.45) is 0 Å². The second-order valence-corrected chi connectivity index (χ2v) is 8.51. The van der Waals surface area contributed by atoms with Gasteiger partial charge >= 0.3 is 5.97 Å². The van der Waals surface area contributed by atoms with E-state index in [-0.39, 0.29) is 28.1 Å². The van der Waals surface area contributed by atoms with Crippen LogP contribution in [0, 0.1) is 0 Å². The summed E-state index contributed by atoms with van der Waals surface area (Å²) in [7, 11) is -3.10. The van der Waals surface area contributed by atoms with Crippen LogP contribution in [-0.4, -0.2) is 55.9 Å². The Bertz CT molecular complexity index is 750. The van der Waals surface area contributed by atoms with Crippen molar-refractivity contribution in [2.45, 2.75) is 19.4 Å². The molecule has 6 nitrogen and oxygen atoms in total. The molecule has 1 aliphatic heterocycles. The van der Waals surface area contributed by atoms with Gasteiger partial charge in [-0.05, 0) is 31.5 Å². The number of amides is 1. The predicted octanol–water partition coefficient (Wildman–Crippen LogP) is 2.19. The van der Waals surface area contributed by atoms with E-state index >= 15 is 0 Å². The van der Waals surface area contributed by atoms with Crippen molar-refractivity contribution in [3.8, 4) is 0 Å². The van der Waals surface area contributed by atoms with Crippen molar-refractivity contribution in [1.29, 1.82) is 0 Å². The summed E-state index contributed by atoms with van der Waals surface area (Å²) in [6.07, 6.45) is 0.402. The number of halogens is 2. The predicted molar refractivity (Wildman–Crippen MR) is 91.2 cm³/mol. The van der Waals surface area contributed by atoms with Gasteiger partial charge in [0.2, 0.25) is 0 Å². The summed E-state index contributed by atoms with van der Waals surface area (Å²) in [6.45, 7) is 1.63. The van der Waals surface area contributed by atoms with Crippen molar-refractivity contribution >= 4 is 44.9 Å². The molecule has 24 heavy (non-hydrogen) atoms. The third-order valence-electron chi connectivity index (χ3n) is 3.79. The number of esters is 1. The Morgan fingerprint density at radius 2 is 2.04 bits per heavy atom. The first-order chi connectivity index (χ1) is 11.2. The van der Waals surface area contributed by atoms with E-state index < -0.39 is 28.3 Å². The molecule has 0 bridgehead atoms. The quantitative estimate of drug-likeness (QED) is 0.716. The van der Waals surface area contributed by atoms with Crippen molar-refractivity contribution in [3.63, 3.8) is 0 Å². The van der Waals surface area contributed by atoms with E-state index in [4.69, 9.17) is 27.9 Å². The summed E-state index contributed by atoms with van der Waals surface area (Å²) in [5.74, 6) is -1.15. The number of hydrogen-bond acceptors (Lipinski definition) is 5. The summed E-state index contributed by atoms with van der Waals surface area (Å²) < 4.78 is 28.1. The number of hydrogen-bond donors (Lipinski definition) is 0. The lowest BCUT2D eigenvalue weighted by Gasteiger charge is -2.26. The first-order valence-electron chi connectivity index (χ1n) is 7.35.